The van der Waals surface area contributed by atoms with Crippen molar-refractivity contribution < 1.29 is 17.8 Å². The number of para-hydroxylation sites is 1. The van der Waals surface area contributed by atoms with E-state index in [0.717, 1.165) is 0 Å². The van der Waals surface area contributed by atoms with Crippen molar-refractivity contribution in [2.75, 3.05) is 5.01 Å². The van der Waals surface area contributed by atoms with E-state index in [4.69, 9.17) is 4.55 Å². The number of carbonyl (C=O) groups is 1. The van der Waals surface area contributed by atoms with Gasteiger partial charge in [-0.1, -0.05) is 18.2 Å². The molecule has 0 aliphatic carbocycles. The van der Waals surface area contributed by atoms with Gasteiger partial charge < -0.3 is 0 Å². The molecule has 0 radical (unpaired) electrons. The molecule has 0 aromatic heterocycles. The normalized spacial score (nSPS) is 17.5. The molecule has 1 atom stereocenters. The van der Waals surface area contributed by atoms with Crippen molar-refractivity contribution >= 4 is 27.4 Å². The summed E-state index contributed by atoms with van der Waals surface area (Å²) in [5, 5.41) is 4.41. The summed E-state index contributed by atoms with van der Waals surface area (Å²) in [6, 6.07) is 8.90. The molecule has 6 nitrogen and oxygen atoms in total. The Bertz CT molecular complexity index is 610. The molecular weight excluding hydrogens is 268 g/mol. The van der Waals surface area contributed by atoms with Crippen LogP contribution in [0.25, 0.3) is 0 Å². The van der Waals surface area contributed by atoms with Gasteiger partial charge >= 0.3 is 0 Å². The second-order valence-corrected chi connectivity index (χ2v) is 6.25. The van der Waals surface area contributed by atoms with E-state index in [-0.39, 0.29) is 18.7 Å². The quantitative estimate of drug-likeness (QED) is 0.847. The Morgan fingerprint density at radius 2 is 2.00 bits per heavy atom. The van der Waals surface area contributed by atoms with E-state index in [1.54, 1.807) is 24.3 Å². The SMILES string of the molecule is CC(CC1=NN(c2ccccc2)C(=O)C1)S(=O)(=O)O. The number of hydrogen-bond donors (Lipinski definition) is 1. The lowest BCUT2D eigenvalue weighted by Gasteiger charge is -2.10. The van der Waals surface area contributed by atoms with Crippen LogP contribution in [0.3, 0.4) is 0 Å². The molecule has 1 aliphatic heterocycles. The summed E-state index contributed by atoms with van der Waals surface area (Å²) < 4.78 is 30.8. The predicted octanol–water partition coefficient (Wildman–Crippen LogP) is 1.45. The van der Waals surface area contributed by atoms with E-state index >= 15 is 0 Å². The second kappa shape index (κ2) is 5.10. The summed E-state index contributed by atoms with van der Waals surface area (Å²) in [5.41, 5.74) is 1.10. The molecule has 0 spiro atoms. The summed E-state index contributed by atoms with van der Waals surface area (Å²) in [6.45, 7) is 1.38. The van der Waals surface area contributed by atoms with E-state index < -0.39 is 15.4 Å². The lowest BCUT2D eigenvalue weighted by molar-refractivity contribution is -0.116. The number of benzene rings is 1. The number of nitrogens with zero attached hydrogens (tertiary/aromatic N) is 2. The Morgan fingerprint density at radius 1 is 1.37 bits per heavy atom. The van der Waals surface area contributed by atoms with Gasteiger partial charge in [0.05, 0.1) is 17.4 Å². The second-order valence-electron chi connectivity index (χ2n) is 4.41. The van der Waals surface area contributed by atoms with Gasteiger partial charge in [-0.3, -0.25) is 9.35 Å². The van der Waals surface area contributed by atoms with Crippen molar-refractivity contribution in [2.45, 2.75) is 25.0 Å². The average Bonchev–Trinajstić information content (AvgIpc) is 2.70. The maximum absolute atomic E-state index is 11.8. The van der Waals surface area contributed by atoms with Crippen LogP contribution in [0.1, 0.15) is 19.8 Å². The molecular formula is C12H14N2O4S. The highest BCUT2D eigenvalue weighted by molar-refractivity contribution is 7.86. The van der Waals surface area contributed by atoms with E-state index in [2.05, 4.69) is 5.10 Å². The number of hydrogen-bond acceptors (Lipinski definition) is 4. The van der Waals surface area contributed by atoms with Gasteiger partial charge in [0.1, 0.15) is 0 Å². The van der Waals surface area contributed by atoms with Gasteiger partial charge in [0.2, 0.25) is 0 Å². The third-order valence-corrected chi connectivity index (χ3v) is 4.05. The number of carbonyl (C=O) groups excluding carboxylic acids is 1. The molecule has 1 amide bonds. The fraction of sp³-hybridized carbons (Fsp3) is 0.333. The molecule has 1 aromatic rings. The van der Waals surface area contributed by atoms with E-state index in [1.165, 1.54) is 11.9 Å². The lowest BCUT2D eigenvalue weighted by Crippen LogP contribution is -2.20. The molecule has 1 N–H and O–H groups in total. The fourth-order valence-electron chi connectivity index (χ4n) is 1.80. The monoisotopic (exact) mass is 282 g/mol. The summed E-state index contributed by atoms with van der Waals surface area (Å²) in [7, 11) is -4.10. The van der Waals surface area contributed by atoms with Crippen LogP contribution in [0.2, 0.25) is 0 Å². The van der Waals surface area contributed by atoms with Crippen molar-refractivity contribution in [3.8, 4) is 0 Å². The van der Waals surface area contributed by atoms with E-state index in [1.807, 2.05) is 6.07 Å². The topological polar surface area (TPSA) is 87.0 Å². The van der Waals surface area contributed by atoms with Gasteiger partial charge in [0.15, 0.2) is 0 Å². The Morgan fingerprint density at radius 3 is 2.58 bits per heavy atom. The van der Waals surface area contributed by atoms with Crippen LogP contribution in [-0.2, 0) is 14.9 Å². The van der Waals surface area contributed by atoms with Crippen molar-refractivity contribution in [3.63, 3.8) is 0 Å². The lowest BCUT2D eigenvalue weighted by atomic mass is 10.1. The van der Waals surface area contributed by atoms with Crippen LogP contribution >= 0.6 is 0 Å². The fourth-order valence-corrected chi connectivity index (χ4v) is 2.21. The first-order chi connectivity index (χ1) is 8.88. The van der Waals surface area contributed by atoms with Crippen molar-refractivity contribution in [1.29, 1.82) is 0 Å². The molecule has 102 valence electrons. The minimum Gasteiger partial charge on any atom is -0.285 e. The van der Waals surface area contributed by atoms with Gasteiger partial charge in [-0.25, -0.2) is 5.01 Å². The van der Waals surface area contributed by atoms with Gasteiger partial charge in [-0.15, -0.1) is 0 Å². The van der Waals surface area contributed by atoms with Crippen LogP contribution in [0.5, 0.6) is 0 Å². The zero-order valence-electron chi connectivity index (χ0n) is 10.4. The molecule has 1 heterocycles. The summed E-state index contributed by atoms with van der Waals surface area (Å²) >= 11 is 0. The van der Waals surface area contributed by atoms with Gasteiger partial charge in [-0.2, -0.15) is 13.5 Å². The first-order valence-electron chi connectivity index (χ1n) is 5.78. The number of anilines is 1. The predicted molar refractivity (Wildman–Crippen MR) is 71.6 cm³/mol. The molecule has 0 fully saturated rings. The number of hydrazone groups is 1. The third kappa shape index (κ3) is 3.18. The third-order valence-electron chi connectivity index (χ3n) is 2.87. The molecule has 19 heavy (non-hydrogen) atoms. The minimum atomic E-state index is -4.10. The highest BCUT2D eigenvalue weighted by atomic mass is 32.2. The zero-order chi connectivity index (χ0) is 14.0. The molecule has 1 aromatic carbocycles. The standard InChI is InChI=1S/C12H14N2O4S/c1-9(19(16,17)18)7-10-8-12(15)14(13-10)11-5-3-2-4-6-11/h2-6,9H,7-8H2,1H3,(H,16,17,18). The average molecular weight is 282 g/mol. The van der Waals surface area contributed by atoms with Crippen LogP contribution in [0, 0.1) is 0 Å². The Hall–Kier alpha value is -1.73. The van der Waals surface area contributed by atoms with Crippen LogP contribution < -0.4 is 5.01 Å². The van der Waals surface area contributed by atoms with Gasteiger partial charge in [0.25, 0.3) is 16.0 Å². The number of amides is 1. The van der Waals surface area contributed by atoms with Crippen LogP contribution in [0.4, 0.5) is 5.69 Å². The minimum absolute atomic E-state index is 0.0495. The Labute approximate surface area is 111 Å². The van der Waals surface area contributed by atoms with Crippen LogP contribution in [0.15, 0.2) is 35.4 Å². The van der Waals surface area contributed by atoms with Crippen molar-refractivity contribution in [3.05, 3.63) is 30.3 Å². The van der Waals surface area contributed by atoms with Crippen LogP contribution in [-0.4, -0.2) is 29.8 Å². The van der Waals surface area contributed by atoms with Gasteiger partial charge in [-0.05, 0) is 19.1 Å². The van der Waals surface area contributed by atoms with E-state index in [0.29, 0.717) is 11.4 Å². The molecule has 0 saturated heterocycles. The first-order valence-corrected chi connectivity index (χ1v) is 7.29. The maximum Gasteiger partial charge on any atom is 0.267 e. The molecule has 1 unspecified atom stereocenters. The molecule has 1 aliphatic rings. The maximum atomic E-state index is 11.8. The Balaban J connectivity index is 2.16. The first kappa shape index (κ1) is 13.7. The highest BCUT2D eigenvalue weighted by Gasteiger charge is 2.28. The number of rotatable bonds is 4. The summed E-state index contributed by atoms with van der Waals surface area (Å²) in [6.07, 6.45) is 0.128. The highest BCUT2D eigenvalue weighted by Crippen LogP contribution is 2.22. The molecule has 2 rings (SSSR count). The largest absolute Gasteiger partial charge is 0.285 e. The van der Waals surface area contributed by atoms with Crippen molar-refractivity contribution in [2.24, 2.45) is 5.10 Å². The molecule has 0 saturated carbocycles. The summed E-state index contributed by atoms with van der Waals surface area (Å²) in [5.74, 6) is -0.205. The smallest absolute Gasteiger partial charge is 0.267 e. The Kier molecular flexibility index (Phi) is 3.68. The van der Waals surface area contributed by atoms with E-state index in [9.17, 15) is 13.2 Å². The van der Waals surface area contributed by atoms with Crippen molar-refractivity contribution in [1.82, 2.24) is 0 Å². The molecule has 0 bridgehead atoms. The van der Waals surface area contributed by atoms with Gasteiger partial charge in [0, 0.05) is 12.1 Å². The molecule has 7 heteroatoms. The zero-order valence-corrected chi connectivity index (χ0v) is 11.2. The summed E-state index contributed by atoms with van der Waals surface area (Å²) in [4.78, 5) is 11.8.